The van der Waals surface area contributed by atoms with Crippen molar-refractivity contribution in [2.75, 3.05) is 25.3 Å². The zero-order valence-corrected chi connectivity index (χ0v) is 21.1. The molecule has 2 N–H and O–H groups in total. The molecular formula is C26H22ClN5O3S. The van der Waals surface area contributed by atoms with E-state index in [4.69, 9.17) is 21.1 Å². The maximum absolute atomic E-state index is 12.7. The molecule has 0 fully saturated rings. The second-order valence-corrected chi connectivity index (χ2v) is 9.15. The first-order chi connectivity index (χ1) is 17.6. The number of benzene rings is 3. The lowest BCUT2D eigenvalue weighted by atomic mass is 10.1. The molecule has 1 amide bonds. The lowest BCUT2D eigenvalue weighted by Gasteiger charge is -2.15. The van der Waals surface area contributed by atoms with E-state index in [1.54, 1.807) is 38.5 Å². The van der Waals surface area contributed by atoms with E-state index < -0.39 is 0 Å². The average Bonchev–Trinajstić information content (AvgIpc) is 3.51. The Hall–Kier alpha value is -3.95. The van der Waals surface area contributed by atoms with E-state index in [0.29, 0.717) is 38.9 Å². The highest BCUT2D eigenvalue weighted by atomic mass is 35.5. The molecule has 5 rings (SSSR count). The number of anilines is 1. The molecule has 2 aromatic heterocycles. The number of hydrogen-bond acceptors (Lipinski definition) is 6. The Labute approximate surface area is 216 Å². The van der Waals surface area contributed by atoms with Crippen LogP contribution in [0.15, 0.2) is 78.1 Å². The van der Waals surface area contributed by atoms with Gasteiger partial charge < -0.3 is 19.8 Å². The zero-order valence-electron chi connectivity index (χ0n) is 19.5. The number of carbonyl (C=O) groups is 1. The normalized spacial score (nSPS) is 11.0. The fourth-order valence-corrected chi connectivity index (χ4v) is 4.81. The zero-order chi connectivity index (χ0) is 25.1. The fourth-order valence-electron chi connectivity index (χ4n) is 3.88. The van der Waals surface area contributed by atoms with Crippen LogP contribution < -0.4 is 14.8 Å². The number of thioether (sulfide) groups is 1. The number of carbonyl (C=O) groups excluding carboxylic acids is 1. The van der Waals surface area contributed by atoms with Gasteiger partial charge in [-0.05, 0) is 36.4 Å². The Morgan fingerprint density at radius 1 is 1.06 bits per heavy atom. The molecule has 0 aliphatic heterocycles. The highest BCUT2D eigenvalue weighted by Gasteiger charge is 2.22. The number of rotatable bonds is 8. The van der Waals surface area contributed by atoms with Crippen molar-refractivity contribution in [2.24, 2.45) is 0 Å². The minimum atomic E-state index is -0.192. The van der Waals surface area contributed by atoms with Crippen molar-refractivity contribution in [1.82, 2.24) is 19.7 Å². The lowest BCUT2D eigenvalue weighted by molar-refractivity contribution is -0.113. The predicted octanol–water partition coefficient (Wildman–Crippen LogP) is 5.82. The summed E-state index contributed by atoms with van der Waals surface area (Å²) >= 11 is 7.30. The molecular weight excluding hydrogens is 498 g/mol. The number of nitrogens with zero attached hydrogens (tertiary/aromatic N) is 3. The van der Waals surface area contributed by atoms with Crippen molar-refractivity contribution in [3.8, 4) is 28.6 Å². The maximum Gasteiger partial charge on any atom is 0.234 e. The van der Waals surface area contributed by atoms with Crippen molar-refractivity contribution < 1.29 is 14.3 Å². The summed E-state index contributed by atoms with van der Waals surface area (Å²) in [6.45, 7) is 0. The summed E-state index contributed by atoms with van der Waals surface area (Å²) in [5, 5.41) is 13.9. The number of aromatic amines is 1. The number of hydrogen-bond donors (Lipinski definition) is 2. The van der Waals surface area contributed by atoms with Crippen LogP contribution in [0.3, 0.4) is 0 Å². The van der Waals surface area contributed by atoms with Crippen LogP contribution in [0, 0.1) is 0 Å². The van der Waals surface area contributed by atoms with Crippen LogP contribution in [0.5, 0.6) is 11.5 Å². The van der Waals surface area contributed by atoms with Crippen LogP contribution in [0.4, 0.5) is 5.69 Å². The molecule has 0 bridgehead atoms. The monoisotopic (exact) mass is 519 g/mol. The molecule has 0 aliphatic carbocycles. The number of halogens is 1. The Bertz CT molecular complexity index is 1550. The largest absolute Gasteiger partial charge is 0.497 e. The number of H-pyrrole nitrogens is 1. The first-order valence-electron chi connectivity index (χ1n) is 11.0. The third kappa shape index (κ3) is 4.75. The van der Waals surface area contributed by atoms with Crippen molar-refractivity contribution >= 4 is 45.9 Å². The van der Waals surface area contributed by atoms with E-state index in [-0.39, 0.29) is 11.7 Å². The van der Waals surface area contributed by atoms with E-state index in [1.807, 2.05) is 53.2 Å². The maximum atomic E-state index is 12.7. The van der Waals surface area contributed by atoms with Gasteiger partial charge in [0.2, 0.25) is 5.91 Å². The molecule has 8 nitrogen and oxygen atoms in total. The highest BCUT2D eigenvalue weighted by Crippen LogP contribution is 2.37. The number of aromatic nitrogens is 4. The van der Waals surface area contributed by atoms with Gasteiger partial charge in [0.05, 0.1) is 25.7 Å². The van der Waals surface area contributed by atoms with Gasteiger partial charge in [-0.2, -0.15) is 0 Å². The second kappa shape index (κ2) is 10.3. The van der Waals surface area contributed by atoms with E-state index in [2.05, 4.69) is 20.5 Å². The minimum Gasteiger partial charge on any atom is -0.497 e. The van der Waals surface area contributed by atoms with Crippen molar-refractivity contribution in [2.45, 2.75) is 5.16 Å². The molecule has 0 saturated heterocycles. The van der Waals surface area contributed by atoms with E-state index >= 15 is 0 Å². The molecule has 0 unspecified atom stereocenters. The summed E-state index contributed by atoms with van der Waals surface area (Å²) in [5.74, 6) is 1.80. The van der Waals surface area contributed by atoms with Gasteiger partial charge in [0, 0.05) is 39.4 Å². The number of fused-ring (bicyclic) bond motifs is 1. The number of para-hydroxylation sites is 1. The minimum absolute atomic E-state index is 0.116. The van der Waals surface area contributed by atoms with Gasteiger partial charge in [0.1, 0.15) is 11.5 Å². The molecule has 36 heavy (non-hydrogen) atoms. The molecule has 0 aliphatic rings. The van der Waals surface area contributed by atoms with Crippen LogP contribution in [0.2, 0.25) is 5.02 Å². The van der Waals surface area contributed by atoms with Crippen molar-refractivity contribution in [1.29, 1.82) is 0 Å². The summed E-state index contributed by atoms with van der Waals surface area (Å²) < 4.78 is 13.0. The molecule has 0 radical (unpaired) electrons. The van der Waals surface area contributed by atoms with Gasteiger partial charge in [0.15, 0.2) is 11.0 Å². The number of nitrogens with one attached hydrogen (secondary N) is 2. The molecule has 0 atom stereocenters. The highest BCUT2D eigenvalue weighted by molar-refractivity contribution is 7.99. The Balaban J connectivity index is 1.54. The van der Waals surface area contributed by atoms with Gasteiger partial charge >= 0.3 is 0 Å². The Kier molecular flexibility index (Phi) is 6.84. The summed E-state index contributed by atoms with van der Waals surface area (Å²) in [6, 6.07) is 20.5. The SMILES string of the molecule is COc1ccc(OC)c(-n2c(SCC(=O)Nc3cccc(Cl)c3)nnc2-c2c[nH]c3ccccc23)c1. The number of methoxy groups -OCH3 is 2. The van der Waals surface area contributed by atoms with E-state index in [1.165, 1.54) is 11.8 Å². The smallest absolute Gasteiger partial charge is 0.234 e. The molecule has 2 heterocycles. The van der Waals surface area contributed by atoms with Gasteiger partial charge in [0.25, 0.3) is 0 Å². The Morgan fingerprint density at radius 3 is 2.72 bits per heavy atom. The quantitative estimate of drug-likeness (QED) is 0.251. The Morgan fingerprint density at radius 2 is 1.92 bits per heavy atom. The number of amides is 1. The molecule has 10 heteroatoms. The predicted molar refractivity (Wildman–Crippen MR) is 143 cm³/mol. The van der Waals surface area contributed by atoms with Crippen LogP contribution in [0.1, 0.15) is 0 Å². The van der Waals surface area contributed by atoms with Crippen LogP contribution in [-0.2, 0) is 4.79 Å². The summed E-state index contributed by atoms with van der Waals surface area (Å²) in [7, 11) is 3.21. The van der Waals surface area contributed by atoms with Crippen LogP contribution in [-0.4, -0.2) is 45.6 Å². The van der Waals surface area contributed by atoms with Gasteiger partial charge in [-0.15, -0.1) is 10.2 Å². The third-order valence-electron chi connectivity index (χ3n) is 5.53. The lowest BCUT2D eigenvalue weighted by Crippen LogP contribution is -2.14. The van der Waals surface area contributed by atoms with Gasteiger partial charge in [-0.3, -0.25) is 9.36 Å². The van der Waals surface area contributed by atoms with Crippen LogP contribution >= 0.6 is 23.4 Å². The van der Waals surface area contributed by atoms with Crippen molar-refractivity contribution in [3.05, 3.63) is 77.9 Å². The first kappa shape index (κ1) is 23.8. The third-order valence-corrected chi connectivity index (χ3v) is 6.70. The molecule has 3 aromatic carbocycles. The van der Waals surface area contributed by atoms with Crippen LogP contribution in [0.25, 0.3) is 28.0 Å². The molecule has 0 saturated carbocycles. The van der Waals surface area contributed by atoms with Crippen molar-refractivity contribution in [3.63, 3.8) is 0 Å². The molecule has 5 aromatic rings. The van der Waals surface area contributed by atoms with E-state index in [9.17, 15) is 4.79 Å². The average molecular weight is 520 g/mol. The second-order valence-electron chi connectivity index (χ2n) is 7.77. The van der Waals surface area contributed by atoms with E-state index in [0.717, 1.165) is 16.5 Å². The fraction of sp³-hybridized carbons (Fsp3) is 0.115. The standard InChI is InChI=1S/C26H22ClN5O3S/c1-34-18-10-11-23(35-2)22(13-18)32-25(20-14-28-21-9-4-3-8-19(20)21)30-31-26(32)36-15-24(33)29-17-7-5-6-16(27)12-17/h3-14,28H,15H2,1-2H3,(H,29,33). The van der Waals surface area contributed by atoms with Gasteiger partial charge in [-0.1, -0.05) is 47.6 Å². The molecule has 182 valence electrons. The summed E-state index contributed by atoms with van der Waals surface area (Å²) in [4.78, 5) is 16.0. The summed E-state index contributed by atoms with van der Waals surface area (Å²) in [6.07, 6.45) is 1.90. The number of ether oxygens (including phenoxy) is 2. The topological polar surface area (TPSA) is 94.1 Å². The summed E-state index contributed by atoms with van der Waals surface area (Å²) in [5.41, 5.74) is 3.18. The van der Waals surface area contributed by atoms with Gasteiger partial charge in [-0.25, -0.2) is 0 Å². The first-order valence-corrected chi connectivity index (χ1v) is 12.4. The molecule has 0 spiro atoms.